The van der Waals surface area contributed by atoms with Crippen LogP contribution in [0.15, 0.2) is 12.4 Å². The molecule has 0 unspecified atom stereocenters. The second-order valence-electron chi connectivity index (χ2n) is 5.32. The molecule has 2 fully saturated rings. The molecule has 1 N–H and O–H groups in total. The summed E-state index contributed by atoms with van der Waals surface area (Å²) in [6, 6.07) is 0. The Morgan fingerprint density at radius 1 is 1.12 bits per heavy atom. The Bertz CT molecular complexity index is 374. The maximum Gasteiger partial charge on any atom is 0.147 e. The minimum atomic E-state index is -0.0263. The van der Waals surface area contributed by atoms with Crippen LogP contribution >= 0.6 is 0 Å². The van der Waals surface area contributed by atoms with E-state index in [9.17, 15) is 0 Å². The molecule has 3 rings (SSSR count). The largest absolute Gasteiger partial charge is 0.390 e. The van der Waals surface area contributed by atoms with E-state index in [1.54, 1.807) is 6.20 Å². The minimum Gasteiger partial charge on any atom is -0.390 e. The molecule has 2 aliphatic carbocycles. The molecule has 4 heteroatoms. The predicted octanol–water partition coefficient (Wildman–Crippen LogP) is 1.60. The molecule has 0 radical (unpaired) electrons. The monoisotopic (exact) mass is 233 g/mol. The second-order valence-corrected chi connectivity index (χ2v) is 5.32. The normalized spacial score (nSPS) is 19.4. The van der Waals surface area contributed by atoms with Crippen molar-refractivity contribution >= 4 is 5.82 Å². The van der Waals surface area contributed by atoms with Crippen LogP contribution in [0.4, 0.5) is 5.82 Å². The second kappa shape index (κ2) is 4.61. The van der Waals surface area contributed by atoms with Gasteiger partial charge in [0.25, 0.3) is 0 Å². The Kier molecular flexibility index (Phi) is 2.97. The van der Waals surface area contributed by atoms with Crippen molar-refractivity contribution in [2.24, 2.45) is 11.8 Å². The van der Waals surface area contributed by atoms with Gasteiger partial charge in [-0.3, -0.25) is 4.98 Å². The topological polar surface area (TPSA) is 49.3 Å². The zero-order valence-electron chi connectivity index (χ0n) is 10.0. The van der Waals surface area contributed by atoms with Gasteiger partial charge in [-0.25, -0.2) is 4.98 Å². The molecule has 1 aromatic rings. The van der Waals surface area contributed by atoms with Gasteiger partial charge in [0.15, 0.2) is 0 Å². The molecule has 0 atom stereocenters. The lowest BCUT2D eigenvalue weighted by molar-refractivity contribution is 0.276. The van der Waals surface area contributed by atoms with E-state index in [-0.39, 0.29) is 6.61 Å². The van der Waals surface area contributed by atoms with Crippen LogP contribution in [0.25, 0.3) is 0 Å². The number of hydrogen-bond acceptors (Lipinski definition) is 4. The molecule has 0 amide bonds. The van der Waals surface area contributed by atoms with E-state index in [0.29, 0.717) is 5.69 Å². The summed E-state index contributed by atoms with van der Waals surface area (Å²) < 4.78 is 0. The number of aromatic nitrogens is 2. The van der Waals surface area contributed by atoms with Gasteiger partial charge in [-0.05, 0) is 37.5 Å². The molecule has 1 aromatic heterocycles. The Hall–Kier alpha value is -1.16. The third-order valence-corrected chi connectivity index (χ3v) is 3.51. The molecule has 17 heavy (non-hydrogen) atoms. The first kappa shape index (κ1) is 11.0. The molecule has 0 bridgehead atoms. The van der Waals surface area contributed by atoms with Crippen molar-refractivity contribution in [1.29, 1.82) is 0 Å². The first-order valence-corrected chi connectivity index (χ1v) is 6.52. The Labute approximate surface area is 102 Å². The van der Waals surface area contributed by atoms with Crippen molar-refractivity contribution < 1.29 is 5.11 Å². The van der Waals surface area contributed by atoms with Gasteiger partial charge in [0.1, 0.15) is 5.82 Å². The summed E-state index contributed by atoms with van der Waals surface area (Å²) in [5.41, 5.74) is 0.666. The number of anilines is 1. The third-order valence-electron chi connectivity index (χ3n) is 3.51. The van der Waals surface area contributed by atoms with Crippen LogP contribution in [0.2, 0.25) is 0 Å². The van der Waals surface area contributed by atoms with Gasteiger partial charge in [-0.15, -0.1) is 0 Å². The fourth-order valence-electron chi connectivity index (χ4n) is 2.11. The van der Waals surface area contributed by atoms with Crippen molar-refractivity contribution in [2.45, 2.75) is 32.3 Å². The summed E-state index contributed by atoms with van der Waals surface area (Å²) in [7, 11) is 0. The lowest BCUT2D eigenvalue weighted by Crippen LogP contribution is -2.29. The van der Waals surface area contributed by atoms with Crippen LogP contribution in [-0.2, 0) is 6.61 Å². The summed E-state index contributed by atoms with van der Waals surface area (Å²) in [6.07, 6.45) is 8.88. The van der Waals surface area contributed by atoms with Crippen molar-refractivity contribution in [2.75, 3.05) is 18.0 Å². The van der Waals surface area contributed by atoms with Crippen LogP contribution in [-0.4, -0.2) is 28.2 Å². The molecule has 92 valence electrons. The number of aliphatic hydroxyl groups excluding tert-OH is 1. The fraction of sp³-hybridized carbons (Fsp3) is 0.692. The molecular weight excluding hydrogens is 214 g/mol. The minimum absolute atomic E-state index is 0.0263. The van der Waals surface area contributed by atoms with Crippen molar-refractivity contribution in [3.05, 3.63) is 18.1 Å². The van der Waals surface area contributed by atoms with E-state index in [1.165, 1.54) is 25.7 Å². The smallest absolute Gasteiger partial charge is 0.147 e. The standard InChI is InChI=1S/C13H19N3O/c17-9-12-5-14-6-13(15-12)16(7-10-1-2-10)8-11-3-4-11/h5-6,10-11,17H,1-4,7-9H2. The highest BCUT2D eigenvalue weighted by atomic mass is 16.3. The average Bonchev–Trinajstić information content (AvgIpc) is 3.23. The summed E-state index contributed by atoms with van der Waals surface area (Å²) in [5.74, 6) is 2.65. The van der Waals surface area contributed by atoms with Gasteiger partial charge in [-0.1, -0.05) is 0 Å². The van der Waals surface area contributed by atoms with E-state index in [4.69, 9.17) is 5.11 Å². The highest BCUT2D eigenvalue weighted by Crippen LogP contribution is 2.35. The van der Waals surface area contributed by atoms with Crippen molar-refractivity contribution in [1.82, 2.24) is 9.97 Å². The van der Waals surface area contributed by atoms with Gasteiger partial charge in [0.2, 0.25) is 0 Å². The maximum absolute atomic E-state index is 9.11. The SMILES string of the molecule is OCc1cncc(N(CC2CC2)CC2CC2)n1. The van der Waals surface area contributed by atoms with Gasteiger partial charge < -0.3 is 10.0 Å². The Balaban J connectivity index is 1.73. The van der Waals surface area contributed by atoms with Gasteiger partial charge in [0.05, 0.1) is 24.7 Å². The molecule has 0 aromatic carbocycles. The maximum atomic E-state index is 9.11. The number of aliphatic hydroxyl groups is 1. The molecule has 1 heterocycles. The highest BCUT2D eigenvalue weighted by Gasteiger charge is 2.29. The van der Waals surface area contributed by atoms with Crippen molar-refractivity contribution in [3.63, 3.8) is 0 Å². The Morgan fingerprint density at radius 2 is 1.76 bits per heavy atom. The highest BCUT2D eigenvalue weighted by molar-refractivity contribution is 5.37. The number of hydrogen-bond donors (Lipinski definition) is 1. The molecule has 0 spiro atoms. The quantitative estimate of drug-likeness (QED) is 0.810. The summed E-state index contributed by atoms with van der Waals surface area (Å²) in [4.78, 5) is 11.0. The van der Waals surface area contributed by atoms with Gasteiger partial charge >= 0.3 is 0 Å². The predicted molar refractivity (Wildman–Crippen MR) is 65.6 cm³/mol. The summed E-state index contributed by atoms with van der Waals surface area (Å²) >= 11 is 0. The van der Waals surface area contributed by atoms with Gasteiger partial charge in [0, 0.05) is 13.1 Å². The average molecular weight is 233 g/mol. The summed E-state index contributed by atoms with van der Waals surface area (Å²) in [5, 5.41) is 9.11. The van der Waals surface area contributed by atoms with E-state index in [0.717, 1.165) is 30.7 Å². The van der Waals surface area contributed by atoms with Crippen LogP contribution in [0.3, 0.4) is 0 Å². The molecule has 0 aliphatic heterocycles. The van der Waals surface area contributed by atoms with E-state index in [2.05, 4.69) is 14.9 Å². The lowest BCUT2D eigenvalue weighted by atomic mass is 10.3. The van der Waals surface area contributed by atoms with Crippen LogP contribution < -0.4 is 4.90 Å². The first-order chi connectivity index (χ1) is 8.35. The lowest BCUT2D eigenvalue weighted by Gasteiger charge is -2.23. The zero-order valence-corrected chi connectivity index (χ0v) is 10.0. The van der Waals surface area contributed by atoms with E-state index < -0.39 is 0 Å². The summed E-state index contributed by atoms with van der Waals surface area (Å²) in [6.45, 7) is 2.20. The van der Waals surface area contributed by atoms with Crippen LogP contribution in [0, 0.1) is 11.8 Å². The number of rotatable bonds is 6. The molecule has 0 saturated heterocycles. The molecule has 2 aliphatic rings. The Morgan fingerprint density at radius 3 is 2.29 bits per heavy atom. The third kappa shape index (κ3) is 2.94. The van der Waals surface area contributed by atoms with E-state index >= 15 is 0 Å². The fourth-order valence-corrected chi connectivity index (χ4v) is 2.11. The van der Waals surface area contributed by atoms with E-state index in [1.807, 2.05) is 6.20 Å². The zero-order chi connectivity index (χ0) is 11.7. The van der Waals surface area contributed by atoms with Crippen molar-refractivity contribution in [3.8, 4) is 0 Å². The number of nitrogens with zero attached hydrogens (tertiary/aromatic N) is 3. The van der Waals surface area contributed by atoms with Crippen LogP contribution in [0.1, 0.15) is 31.4 Å². The first-order valence-electron chi connectivity index (χ1n) is 6.52. The molecule has 4 nitrogen and oxygen atoms in total. The van der Waals surface area contributed by atoms with Gasteiger partial charge in [-0.2, -0.15) is 0 Å². The molecule has 2 saturated carbocycles. The van der Waals surface area contributed by atoms with Crippen LogP contribution in [0.5, 0.6) is 0 Å². The molecular formula is C13H19N3O.